The van der Waals surface area contributed by atoms with Crippen molar-refractivity contribution in [3.63, 3.8) is 0 Å². The second-order valence-electron chi connectivity index (χ2n) is 4.73. The zero-order chi connectivity index (χ0) is 15.6. The van der Waals surface area contributed by atoms with Gasteiger partial charge < -0.3 is 28.5 Å². The molecule has 7 nitrogen and oxygen atoms in total. The van der Waals surface area contributed by atoms with Crippen molar-refractivity contribution in [1.29, 1.82) is 0 Å². The summed E-state index contributed by atoms with van der Waals surface area (Å²) < 4.78 is 26.4. The Kier molecular flexibility index (Phi) is 6.60. The number of hydrogen-bond acceptors (Lipinski definition) is 5. The van der Waals surface area contributed by atoms with E-state index in [-0.39, 0.29) is 17.8 Å². The van der Waals surface area contributed by atoms with Gasteiger partial charge in [-0.2, -0.15) is 0 Å². The average molecular weight is 344 g/mol. The second kappa shape index (κ2) is 7.14. The summed E-state index contributed by atoms with van der Waals surface area (Å²) in [6, 6.07) is 0. The Morgan fingerprint density at radius 3 is 2.35 bits per heavy atom. The normalized spacial score (nSPS) is 34.5. The molecule has 1 aliphatic rings. The van der Waals surface area contributed by atoms with Crippen molar-refractivity contribution in [1.82, 2.24) is 0 Å². The van der Waals surface area contributed by atoms with Crippen molar-refractivity contribution in [2.24, 2.45) is 5.92 Å². The highest BCUT2D eigenvalue weighted by Gasteiger charge is 2.43. The zero-order valence-electron chi connectivity index (χ0n) is 11.4. The summed E-state index contributed by atoms with van der Waals surface area (Å²) in [5.74, 6) is 0.627. The van der Waals surface area contributed by atoms with Crippen LogP contribution in [0.15, 0.2) is 11.9 Å². The molecule has 0 spiro atoms. The summed E-state index contributed by atoms with van der Waals surface area (Å²) in [5, 5.41) is 0. The Bertz CT molecular complexity index is 454. The fraction of sp³-hybridized carbons (Fsp3) is 0.778. The Morgan fingerprint density at radius 1 is 1.30 bits per heavy atom. The van der Waals surface area contributed by atoms with Crippen molar-refractivity contribution in [3.05, 3.63) is 11.9 Å². The van der Waals surface area contributed by atoms with Gasteiger partial charge >= 0.3 is 14.3 Å². The molecule has 0 heterocycles. The summed E-state index contributed by atoms with van der Waals surface area (Å²) in [6.07, 6.45) is 1.07. The number of ether oxygens (including phenoxy) is 1. The topological polar surface area (TPSA) is 105 Å². The van der Waals surface area contributed by atoms with Crippen LogP contribution < -0.4 is 0 Å². The third-order valence-electron chi connectivity index (χ3n) is 3.24. The predicted molar refractivity (Wildman–Crippen MR) is 80.8 cm³/mol. The number of methoxy groups -OCH3 is 1. The molecular weight excluding hydrogens is 325 g/mol. The maximum absolute atomic E-state index is 10.9. The first kappa shape index (κ1) is 18.5. The molecule has 1 unspecified atom stereocenters. The lowest BCUT2D eigenvalue weighted by Gasteiger charge is -2.27. The number of hydrogen-bond donors (Lipinski definition) is 3. The quantitative estimate of drug-likeness (QED) is 0.469. The molecule has 1 fully saturated rings. The zero-order valence-corrected chi connectivity index (χ0v) is 14.1. The van der Waals surface area contributed by atoms with E-state index in [2.05, 4.69) is 0 Å². The van der Waals surface area contributed by atoms with Gasteiger partial charge in [0.15, 0.2) is 0 Å². The highest BCUT2D eigenvalue weighted by Crippen LogP contribution is 2.51. The molecule has 1 rings (SSSR count). The SMILES string of the molecule is B[C@H]1C[C@H](/C=C/P(=O)(O)O)[C@@H](OP(O)(=S)OC)[C@H]1OC. The minimum absolute atomic E-state index is 0.100. The van der Waals surface area contributed by atoms with E-state index in [1.807, 2.05) is 7.85 Å². The van der Waals surface area contributed by atoms with Crippen molar-refractivity contribution in [2.45, 2.75) is 24.4 Å². The van der Waals surface area contributed by atoms with Crippen LogP contribution >= 0.6 is 14.3 Å². The molecule has 20 heavy (non-hydrogen) atoms. The van der Waals surface area contributed by atoms with Gasteiger partial charge in [0, 0.05) is 26.0 Å². The summed E-state index contributed by atoms with van der Waals surface area (Å²) in [6.45, 7) is -3.38. The van der Waals surface area contributed by atoms with Crippen LogP contribution in [-0.2, 0) is 30.2 Å². The maximum Gasteiger partial charge on any atom is 0.348 e. The Balaban J connectivity index is 2.94. The van der Waals surface area contributed by atoms with Gasteiger partial charge in [0.1, 0.15) is 7.85 Å². The molecule has 0 saturated heterocycles. The molecule has 0 aromatic heterocycles. The van der Waals surface area contributed by atoms with Gasteiger partial charge in [-0.25, -0.2) is 0 Å². The summed E-state index contributed by atoms with van der Waals surface area (Å²) in [4.78, 5) is 27.6. The highest BCUT2D eigenvalue weighted by atomic mass is 32.5. The van der Waals surface area contributed by atoms with Gasteiger partial charge in [-0.1, -0.05) is 6.08 Å². The third-order valence-corrected chi connectivity index (χ3v) is 5.47. The lowest BCUT2D eigenvalue weighted by molar-refractivity contribution is 0.00539. The largest absolute Gasteiger partial charge is 0.379 e. The van der Waals surface area contributed by atoms with Crippen LogP contribution in [0, 0.1) is 5.92 Å². The first-order valence-electron chi connectivity index (χ1n) is 5.94. The predicted octanol–water partition coefficient (Wildman–Crippen LogP) is 0.383. The van der Waals surface area contributed by atoms with E-state index in [0.717, 1.165) is 5.82 Å². The van der Waals surface area contributed by atoms with Crippen LogP contribution in [0.25, 0.3) is 0 Å². The Labute approximate surface area is 124 Å². The molecule has 0 radical (unpaired) electrons. The molecule has 116 valence electrons. The standard InChI is InChI=1S/C9H19BO7P2S/c1-15-9-7(10)5-6(3-4-18(11,12)13)8(9)17-19(14,20)16-2/h3-4,6-9H,5,10H2,1-2H3,(H,14,20)(H2,11,12,13)/b4-3+/t6-,7-,8+,9-,19?/m0/s1. The fourth-order valence-corrected chi connectivity index (χ4v) is 3.79. The monoisotopic (exact) mass is 344 g/mol. The van der Waals surface area contributed by atoms with Gasteiger partial charge in [-0.3, -0.25) is 4.57 Å². The molecule has 0 aliphatic heterocycles. The minimum atomic E-state index is -4.24. The van der Waals surface area contributed by atoms with Crippen LogP contribution in [0.5, 0.6) is 0 Å². The maximum atomic E-state index is 10.9. The van der Waals surface area contributed by atoms with Gasteiger partial charge in [-0.05, 0) is 24.0 Å². The van der Waals surface area contributed by atoms with E-state index < -0.39 is 20.4 Å². The van der Waals surface area contributed by atoms with Crippen LogP contribution in [0.2, 0.25) is 5.82 Å². The van der Waals surface area contributed by atoms with Crippen LogP contribution in [0.1, 0.15) is 6.42 Å². The number of rotatable bonds is 6. The molecule has 0 aromatic rings. The molecule has 1 aliphatic carbocycles. The van der Waals surface area contributed by atoms with Gasteiger partial charge in [-0.15, -0.1) is 0 Å². The summed E-state index contributed by atoms with van der Waals surface area (Å²) in [7, 11) is 0.461. The van der Waals surface area contributed by atoms with Crippen LogP contribution in [0.4, 0.5) is 0 Å². The molecule has 0 amide bonds. The average Bonchev–Trinajstić information content (AvgIpc) is 2.61. The van der Waals surface area contributed by atoms with E-state index in [4.69, 9.17) is 35.4 Å². The smallest absolute Gasteiger partial charge is 0.348 e. The van der Waals surface area contributed by atoms with Gasteiger partial charge in [0.2, 0.25) is 0 Å². The van der Waals surface area contributed by atoms with Crippen molar-refractivity contribution >= 4 is 34.0 Å². The van der Waals surface area contributed by atoms with E-state index in [1.54, 1.807) is 0 Å². The van der Waals surface area contributed by atoms with Gasteiger partial charge in [0.25, 0.3) is 0 Å². The highest BCUT2D eigenvalue weighted by molar-refractivity contribution is 8.07. The lowest BCUT2D eigenvalue weighted by Crippen LogP contribution is -2.30. The van der Waals surface area contributed by atoms with Crippen LogP contribution in [-0.4, -0.2) is 49.0 Å². The van der Waals surface area contributed by atoms with Gasteiger partial charge in [0.05, 0.1) is 12.2 Å². The third kappa shape index (κ3) is 5.33. The summed E-state index contributed by atoms with van der Waals surface area (Å²) in [5.41, 5.74) is 0. The van der Waals surface area contributed by atoms with E-state index >= 15 is 0 Å². The Hall–Kier alpha value is 0.445. The van der Waals surface area contributed by atoms with E-state index in [1.165, 1.54) is 20.3 Å². The van der Waals surface area contributed by atoms with Crippen molar-refractivity contribution in [3.8, 4) is 0 Å². The molecule has 5 atom stereocenters. The molecule has 0 aromatic carbocycles. The molecule has 11 heteroatoms. The molecule has 0 bridgehead atoms. The van der Waals surface area contributed by atoms with E-state index in [0.29, 0.717) is 6.42 Å². The molecule has 3 N–H and O–H groups in total. The lowest BCUT2D eigenvalue weighted by atomic mass is 9.83. The van der Waals surface area contributed by atoms with Crippen molar-refractivity contribution < 1.29 is 33.0 Å². The summed E-state index contributed by atoms with van der Waals surface area (Å²) >= 11 is 4.82. The van der Waals surface area contributed by atoms with Crippen LogP contribution in [0.3, 0.4) is 0 Å². The second-order valence-corrected chi connectivity index (χ2v) is 9.10. The molecular formula is C9H19BO7P2S. The van der Waals surface area contributed by atoms with Crippen molar-refractivity contribution in [2.75, 3.05) is 14.2 Å². The molecule has 1 saturated carbocycles. The first-order valence-corrected chi connectivity index (χ1v) is 10.2. The van der Waals surface area contributed by atoms with E-state index in [9.17, 15) is 9.46 Å². The first-order chi connectivity index (χ1) is 9.09. The fourth-order valence-electron chi connectivity index (χ4n) is 2.38. The Morgan fingerprint density at radius 2 is 1.90 bits per heavy atom. The minimum Gasteiger partial charge on any atom is -0.379 e.